The lowest BCUT2D eigenvalue weighted by atomic mass is 9.90. The number of ether oxygens (including phenoxy) is 2. The van der Waals surface area contributed by atoms with Crippen LogP contribution in [0.4, 0.5) is 28.9 Å². The van der Waals surface area contributed by atoms with Crippen LogP contribution >= 0.6 is 0 Å². The van der Waals surface area contributed by atoms with Crippen LogP contribution in [0, 0.1) is 0 Å². The van der Waals surface area contributed by atoms with Gasteiger partial charge >= 0.3 is 6.61 Å². The molecule has 0 unspecified atom stereocenters. The van der Waals surface area contributed by atoms with E-state index in [-0.39, 0.29) is 49.7 Å². The molecule has 1 aromatic carbocycles. The van der Waals surface area contributed by atoms with Crippen molar-refractivity contribution in [1.82, 2.24) is 4.90 Å². The SMILES string of the molecule is NC[C@H](C(=O)Nc1ccc(N2CCOCC2=O)cc1OC(F)F)N(CC(F)F)C1CCC1. The van der Waals surface area contributed by atoms with Crippen molar-refractivity contribution in [3.05, 3.63) is 18.2 Å². The standard InChI is InChI=1S/C20H26F4N4O4/c21-17(22)10-28(12-2-1-3-12)15(9-25)19(30)26-14-5-4-13(8-16(14)32-20(23)24)27-6-7-31-11-18(27)29/h4-5,8,12,15,17,20H,1-3,6-7,9-11,25H2,(H,26,30)/t15-/m1/s1. The Kier molecular flexibility index (Phi) is 8.26. The van der Waals surface area contributed by atoms with Crippen LogP contribution in [0.15, 0.2) is 18.2 Å². The van der Waals surface area contributed by atoms with Gasteiger partial charge in [-0.15, -0.1) is 0 Å². The second-order valence-electron chi connectivity index (χ2n) is 7.57. The monoisotopic (exact) mass is 462 g/mol. The molecule has 1 aliphatic heterocycles. The van der Waals surface area contributed by atoms with Gasteiger partial charge in [0.25, 0.3) is 12.3 Å². The fraction of sp³-hybridized carbons (Fsp3) is 0.600. The molecule has 178 valence electrons. The van der Waals surface area contributed by atoms with Crippen molar-refractivity contribution in [2.45, 2.75) is 44.4 Å². The number of anilines is 2. The molecule has 3 rings (SSSR count). The van der Waals surface area contributed by atoms with Crippen LogP contribution in [-0.4, -0.2) is 74.7 Å². The van der Waals surface area contributed by atoms with Crippen molar-refractivity contribution in [2.24, 2.45) is 5.73 Å². The number of amides is 2. The summed E-state index contributed by atoms with van der Waals surface area (Å²) in [6, 6.07) is 2.76. The van der Waals surface area contributed by atoms with Gasteiger partial charge < -0.3 is 25.4 Å². The number of hydrogen-bond donors (Lipinski definition) is 2. The third-order valence-electron chi connectivity index (χ3n) is 5.56. The fourth-order valence-electron chi connectivity index (χ4n) is 3.78. The Balaban J connectivity index is 1.81. The van der Waals surface area contributed by atoms with Gasteiger partial charge in [0.15, 0.2) is 5.75 Å². The molecule has 2 aliphatic rings. The zero-order valence-electron chi connectivity index (χ0n) is 17.3. The van der Waals surface area contributed by atoms with E-state index in [0.717, 1.165) is 6.42 Å². The molecule has 0 spiro atoms. The highest BCUT2D eigenvalue weighted by atomic mass is 19.3. The van der Waals surface area contributed by atoms with Crippen molar-refractivity contribution >= 4 is 23.2 Å². The molecule has 1 saturated heterocycles. The number of carbonyl (C=O) groups excluding carboxylic acids is 2. The number of hydrogen-bond acceptors (Lipinski definition) is 6. The van der Waals surface area contributed by atoms with Gasteiger partial charge in [-0.25, -0.2) is 8.78 Å². The summed E-state index contributed by atoms with van der Waals surface area (Å²) in [6.45, 7) is -3.63. The van der Waals surface area contributed by atoms with Gasteiger partial charge in [-0.1, -0.05) is 6.42 Å². The molecule has 2 fully saturated rings. The molecule has 0 aromatic heterocycles. The summed E-state index contributed by atoms with van der Waals surface area (Å²) in [6.07, 6.45) is -0.422. The maximum Gasteiger partial charge on any atom is 0.387 e. The molecule has 1 heterocycles. The number of morpholine rings is 1. The molecule has 0 bridgehead atoms. The highest BCUT2D eigenvalue weighted by Gasteiger charge is 2.35. The predicted octanol–water partition coefficient (Wildman–Crippen LogP) is 2.04. The molecule has 1 saturated carbocycles. The zero-order valence-corrected chi connectivity index (χ0v) is 17.3. The lowest BCUT2D eigenvalue weighted by molar-refractivity contribution is -0.126. The van der Waals surface area contributed by atoms with Crippen molar-refractivity contribution in [3.8, 4) is 5.75 Å². The lowest BCUT2D eigenvalue weighted by Gasteiger charge is -2.41. The first kappa shape index (κ1) is 24.2. The minimum atomic E-state index is -3.18. The average molecular weight is 462 g/mol. The number of rotatable bonds is 10. The maximum atomic E-state index is 13.1. The van der Waals surface area contributed by atoms with E-state index in [0.29, 0.717) is 18.5 Å². The smallest absolute Gasteiger partial charge is 0.387 e. The van der Waals surface area contributed by atoms with E-state index in [1.807, 2.05) is 0 Å². The van der Waals surface area contributed by atoms with Crippen LogP contribution in [0.1, 0.15) is 19.3 Å². The normalized spacial score (nSPS) is 18.2. The molecule has 12 heteroatoms. The summed E-state index contributed by atoms with van der Waals surface area (Å²) >= 11 is 0. The van der Waals surface area contributed by atoms with E-state index < -0.39 is 31.5 Å². The quantitative estimate of drug-likeness (QED) is 0.517. The molecular weight excluding hydrogens is 436 g/mol. The minimum Gasteiger partial charge on any atom is -0.433 e. The van der Waals surface area contributed by atoms with Crippen molar-refractivity contribution < 1.29 is 36.6 Å². The second-order valence-corrected chi connectivity index (χ2v) is 7.57. The van der Waals surface area contributed by atoms with Crippen LogP contribution in [0.2, 0.25) is 0 Å². The summed E-state index contributed by atoms with van der Waals surface area (Å²) in [5, 5.41) is 2.47. The molecule has 1 aliphatic carbocycles. The van der Waals surface area contributed by atoms with Crippen LogP contribution in [0.25, 0.3) is 0 Å². The van der Waals surface area contributed by atoms with Gasteiger partial charge in [-0.3, -0.25) is 14.5 Å². The molecule has 8 nitrogen and oxygen atoms in total. The van der Waals surface area contributed by atoms with E-state index in [4.69, 9.17) is 10.5 Å². The highest BCUT2D eigenvalue weighted by Crippen LogP contribution is 2.33. The fourth-order valence-corrected chi connectivity index (χ4v) is 3.78. The Morgan fingerprint density at radius 3 is 2.62 bits per heavy atom. The van der Waals surface area contributed by atoms with Gasteiger partial charge in [0, 0.05) is 30.9 Å². The topological polar surface area (TPSA) is 97.1 Å². The summed E-state index contributed by atoms with van der Waals surface area (Å²) in [5.74, 6) is -1.40. The Bertz CT molecular complexity index is 810. The maximum absolute atomic E-state index is 13.1. The molecule has 1 aromatic rings. The van der Waals surface area contributed by atoms with Gasteiger partial charge in [0.1, 0.15) is 12.6 Å². The summed E-state index contributed by atoms with van der Waals surface area (Å²) in [7, 11) is 0. The predicted molar refractivity (Wildman–Crippen MR) is 108 cm³/mol. The number of alkyl halides is 4. The third kappa shape index (κ3) is 5.87. The van der Waals surface area contributed by atoms with Gasteiger partial charge in [-0.05, 0) is 25.0 Å². The van der Waals surface area contributed by atoms with Gasteiger partial charge in [0.2, 0.25) is 5.91 Å². The zero-order chi connectivity index (χ0) is 23.3. The lowest BCUT2D eigenvalue weighted by Crippen LogP contribution is -2.56. The van der Waals surface area contributed by atoms with E-state index in [1.54, 1.807) is 0 Å². The van der Waals surface area contributed by atoms with Crippen molar-refractivity contribution in [3.63, 3.8) is 0 Å². The number of nitrogens with one attached hydrogen (secondary N) is 1. The van der Waals surface area contributed by atoms with E-state index in [2.05, 4.69) is 10.1 Å². The van der Waals surface area contributed by atoms with Crippen LogP contribution in [0.5, 0.6) is 5.75 Å². The number of carbonyl (C=O) groups is 2. The number of nitrogens with zero attached hydrogens (tertiary/aromatic N) is 2. The van der Waals surface area contributed by atoms with Gasteiger partial charge in [-0.2, -0.15) is 8.78 Å². The van der Waals surface area contributed by atoms with Crippen molar-refractivity contribution in [1.29, 1.82) is 0 Å². The third-order valence-corrected chi connectivity index (χ3v) is 5.56. The molecule has 3 N–H and O–H groups in total. The van der Waals surface area contributed by atoms with Crippen LogP contribution in [-0.2, 0) is 14.3 Å². The Morgan fingerprint density at radius 1 is 1.31 bits per heavy atom. The van der Waals surface area contributed by atoms with Crippen LogP contribution < -0.4 is 20.7 Å². The largest absolute Gasteiger partial charge is 0.433 e. The molecular formula is C20H26F4N4O4. The van der Waals surface area contributed by atoms with E-state index in [1.165, 1.54) is 28.0 Å². The Morgan fingerprint density at radius 2 is 2.06 bits per heavy atom. The Labute approximate surface area is 182 Å². The number of nitrogens with two attached hydrogens (primary N) is 1. The average Bonchev–Trinajstić information content (AvgIpc) is 2.68. The summed E-state index contributed by atoms with van der Waals surface area (Å²) in [4.78, 5) is 27.7. The number of benzene rings is 1. The number of halogens is 4. The summed E-state index contributed by atoms with van der Waals surface area (Å²) in [5.41, 5.74) is 5.94. The van der Waals surface area contributed by atoms with Crippen LogP contribution in [0.3, 0.4) is 0 Å². The van der Waals surface area contributed by atoms with Crippen molar-refractivity contribution in [2.75, 3.05) is 43.1 Å². The molecule has 0 radical (unpaired) electrons. The second kappa shape index (κ2) is 10.9. The molecule has 1 atom stereocenters. The molecule has 2 amide bonds. The minimum absolute atomic E-state index is 0.0798. The first-order valence-corrected chi connectivity index (χ1v) is 10.3. The summed E-state index contributed by atoms with van der Waals surface area (Å²) < 4.78 is 61.8. The van der Waals surface area contributed by atoms with E-state index in [9.17, 15) is 27.2 Å². The van der Waals surface area contributed by atoms with E-state index >= 15 is 0 Å². The first-order valence-electron chi connectivity index (χ1n) is 10.3. The Hall–Kier alpha value is -2.44. The molecule has 32 heavy (non-hydrogen) atoms. The van der Waals surface area contributed by atoms with Gasteiger partial charge in [0.05, 0.1) is 18.8 Å². The highest BCUT2D eigenvalue weighted by molar-refractivity contribution is 5.98. The first-order chi connectivity index (χ1) is 15.3.